The summed E-state index contributed by atoms with van der Waals surface area (Å²) in [6, 6.07) is 9.60. The fourth-order valence-corrected chi connectivity index (χ4v) is 1.57. The molecule has 0 unspecified atom stereocenters. The Hall–Kier alpha value is -2.06. The van der Waals surface area contributed by atoms with Gasteiger partial charge in [0, 0.05) is 20.7 Å². The van der Waals surface area contributed by atoms with Crippen LogP contribution >= 0.6 is 0 Å². The van der Waals surface area contributed by atoms with E-state index in [1.807, 2.05) is 30.3 Å². The van der Waals surface area contributed by atoms with Crippen molar-refractivity contribution in [1.29, 1.82) is 5.26 Å². The van der Waals surface area contributed by atoms with Crippen molar-refractivity contribution in [3.05, 3.63) is 29.8 Å². The first-order valence-electron chi connectivity index (χ1n) is 6.49. The van der Waals surface area contributed by atoms with Gasteiger partial charge in [-0.1, -0.05) is 12.1 Å². The monoisotopic (exact) mass is 276 g/mol. The smallest absolute Gasteiger partial charge is 0.260 e. The van der Waals surface area contributed by atoms with E-state index in [0.29, 0.717) is 25.3 Å². The normalized spacial score (nSPS) is 9.85. The molecule has 0 bridgehead atoms. The third-order valence-corrected chi connectivity index (χ3v) is 2.87. The van der Waals surface area contributed by atoms with Gasteiger partial charge in [0.15, 0.2) is 6.61 Å². The highest BCUT2D eigenvalue weighted by Gasteiger charge is 2.08. The molecule has 0 spiro atoms. The van der Waals surface area contributed by atoms with Crippen LogP contribution in [0.15, 0.2) is 24.3 Å². The lowest BCUT2D eigenvalue weighted by molar-refractivity contribution is -0.131. The Morgan fingerprint density at radius 1 is 1.35 bits per heavy atom. The maximum absolute atomic E-state index is 11.7. The molecule has 1 amide bonds. The SMILES string of the molecule is COCCc1ccc(OCC(=O)N(C)CCC#N)cc1. The molecule has 108 valence electrons. The van der Waals surface area contributed by atoms with Gasteiger partial charge in [0.05, 0.1) is 19.1 Å². The van der Waals surface area contributed by atoms with Gasteiger partial charge in [0.2, 0.25) is 0 Å². The average Bonchev–Trinajstić information content (AvgIpc) is 2.49. The van der Waals surface area contributed by atoms with E-state index in [1.54, 1.807) is 14.2 Å². The summed E-state index contributed by atoms with van der Waals surface area (Å²) >= 11 is 0. The number of methoxy groups -OCH3 is 1. The fourth-order valence-electron chi connectivity index (χ4n) is 1.57. The van der Waals surface area contributed by atoms with Crippen molar-refractivity contribution in [2.45, 2.75) is 12.8 Å². The minimum atomic E-state index is -0.135. The highest BCUT2D eigenvalue weighted by atomic mass is 16.5. The summed E-state index contributed by atoms with van der Waals surface area (Å²) in [4.78, 5) is 13.2. The predicted molar refractivity (Wildman–Crippen MR) is 75.4 cm³/mol. The third-order valence-electron chi connectivity index (χ3n) is 2.87. The molecule has 0 radical (unpaired) electrons. The van der Waals surface area contributed by atoms with Gasteiger partial charge in [-0.15, -0.1) is 0 Å². The van der Waals surface area contributed by atoms with Crippen LogP contribution in [0, 0.1) is 11.3 Å². The van der Waals surface area contributed by atoms with Crippen molar-refractivity contribution in [3.8, 4) is 11.8 Å². The standard InChI is InChI=1S/C15H20N2O3/c1-17(10-3-9-16)15(18)12-20-14-6-4-13(5-7-14)8-11-19-2/h4-7H,3,8,10-12H2,1-2H3. The number of nitrogens with zero attached hydrogens (tertiary/aromatic N) is 2. The summed E-state index contributed by atoms with van der Waals surface area (Å²) < 4.78 is 10.4. The summed E-state index contributed by atoms with van der Waals surface area (Å²) in [6.45, 7) is 1.09. The van der Waals surface area contributed by atoms with Crippen molar-refractivity contribution in [2.24, 2.45) is 0 Å². The van der Waals surface area contributed by atoms with Crippen molar-refractivity contribution >= 4 is 5.91 Å². The Morgan fingerprint density at radius 2 is 2.05 bits per heavy atom. The van der Waals surface area contributed by atoms with Crippen molar-refractivity contribution < 1.29 is 14.3 Å². The molecule has 0 fully saturated rings. The molecule has 5 heteroatoms. The van der Waals surface area contributed by atoms with E-state index in [4.69, 9.17) is 14.7 Å². The minimum Gasteiger partial charge on any atom is -0.484 e. The molecule has 0 saturated carbocycles. The zero-order valence-electron chi connectivity index (χ0n) is 12.0. The number of likely N-dealkylation sites (N-methyl/N-ethyl adjacent to an activating group) is 1. The minimum absolute atomic E-state index is 0.0145. The number of carbonyl (C=O) groups excluding carboxylic acids is 1. The Kier molecular flexibility index (Phi) is 7.15. The maximum Gasteiger partial charge on any atom is 0.260 e. The topological polar surface area (TPSA) is 62.6 Å². The van der Waals surface area contributed by atoms with E-state index in [0.717, 1.165) is 12.0 Å². The third kappa shape index (κ3) is 5.72. The van der Waals surface area contributed by atoms with Gasteiger partial charge < -0.3 is 14.4 Å². The van der Waals surface area contributed by atoms with Gasteiger partial charge in [-0.3, -0.25) is 4.79 Å². The van der Waals surface area contributed by atoms with E-state index in [2.05, 4.69) is 0 Å². The van der Waals surface area contributed by atoms with Crippen LogP contribution < -0.4 is 4.74 Å². The molecule has 0 aliphatic rings. The van der Waals surface area contributed by atoms with Crippen molar-refractivity contribution in [3.63, 3.8) is 0 Å². The van der Waals surface area contributed by atoms with Crippen LogP contribution in [-0.2, 0) is 16.0 Å². The van der Waals surface area contributed by atoms with Crippen LogP contribution in [0.3, 0.4) is 0 Å². The Morgan fingerprint density at radius 3 is 2.65 bits per heavy atom. The van der Waals surface area contributed by atoms with E-state index >= 15 is 0 Å². The number of nitriles is 1. The lowest BCUT2D eigenvalue weighted by Gasteiger charge is -2.15. The number of hydrogen-bond donors (Lipinski definition) is 0. The molecule has 0 atom stereocenters. The number of hydrogen-bond acceptors (Lipinski definition) is 4. The molecule has 0 aliphatic carbocycles. The summed E-state index contributed by atoms with van der Waals surface area (Å²) in [7, 11) is 3.34. The van der Waals surface area contributed by atoms with E-state index in [9.17, 15) is 4.79 Å². The van der Waals surface area contributed by atoms with Crippen LogP contribution in [0.25, 0.3) is 0 Å². The lowest BCUT2D eigenvalue weighted by Crippen LogP contribution is -2.32. The first-order valence-corrected chi connectivity index (χ1v) is 6.49. The van der Waals surface area contributed by atoms with Crippen molar-refractivity contribution in [1.82, 2.24) is 4.90 Å². The van der Waals surface area contributed by atoms with Crippen LogP contribution in [0.5, 0.6) is 5.75 Å². The summed E-state index contributed by atoms with van der Waals surface area (Å²) in [5, 5.41) is 8.46. The largest absolute Gasteiger partial charge is 0.484 e. The molecule has 5 nitrogen and oxygen atoms in total. The second-order valence-corrected chi connectivity index (χ2v) is 4.40. The Labute approximate surface area is 119 Å². The van der Waals surface area contributed by atoms with E-state index in [-0.39, 0.29) is 12.5 Å². The molecule has 0 aliphatic heterocycles. The number of carbonyl (C=O) groups is 1. The quantitative estimate of drug-likeness (QED) is 0.724. The van der Waals surface area contributed by atoms with E-state index in [1.165, 1.54) is 4.90 Å². The summed E-state index contributed by atoms with van der Waals surface area (Å²) in [5.41, 5.74) is 1.16. The highest BCUT2D eigenvalue weighted by Crippen LogP contribution is 2.12. The molecular weight excluding hydrogens is 256 g/mol. The summed E-state index contributed by atoms with van der Waals surface area (Å²) in [5.74, 6) is 0.525. The average molecular weight is 276 g/mol. The first-order chi connectivity index (χ1) is 9.67. The fraction of sp³-hybridized carbons (Fsp3) is 0.467. The molecule has 0 N–H and O–H groups in total. The van der Waals surface area contributed by atoms with Crippen LogP contribution in [0.1, 0.15) is 12.0 Å². The molecule has 0 saturated heterocycles. The molecule has 1 aromatic carbocycles. The zero-order chi connectivity index (χ0) is 14.8. The molecule has 0 aromatic heterocycles. The van der Waals surface area contributed by atoms with Gasteiger partial charge in [0.25, 0.3) is 5.91 Å². The van der Waals surface area contributed by atoms with E-state index < -0.39 is 0 Å². The number of amides is 1. The number of ether oxygens (including phenoxy) is 2. The van der Waals surface area contributed by atoms with Gasteiger partial charge in [0.1, 0.15) is 5.75 Å². The van der Waals surface area contributed by atoms with Gasteiger partial charge in [-0.05, 0) is 24.1 Å². The second kappa shape index (κ2) is 8.94. The molecule has 1 aromatic rings. The Bertz CT molecular complexity index is 451. The zero-order valence-corrected chi connectivity index (χ0v) is 12.0. The lowest BCUT2D eigenvalue weighted by atomic mass is 10.1. The number of benzene rings is 1. The van der Waals surface area contributed by atoms with Crippen LogP contribution in [0.4, 0.5) is 0 Å². The number of rotatable bonds is 8. The second-order valence-electron chi connectivity index (χ2n) is 4.40. The predicted octanol–water partition coefficient (Wildman–Crippen LogP) is 1.63. The molecule has 20 heavy (non-hydrogen) atoms. The van der Waals surface area contributed by atoms with Gasteiger partial charge in [-0.2, -0.15) is 5.26 Å². The molecular formula is C15H20N2O3. The highest BCUT2D eigenvalue weighted by molar-refractivity contribution is 5.77. The van der Waals surface area contributed by atoms with Gasteiger partial charge in [-0.25, -0.2) is 0 Å². The van der Waals surface area contributed by atoms with Crippen LogP contribution in [-0.4, -0.2) is 44.7 Å². The van der Waals surface area contributed by atoms with Gasteiger partial charge >= 0.3 is 0 Å². The van der Waals surface area contributed by atoms with Crippen LogP contribution in [0.2, 0.25) is 0 Å². The summed E-state index contributed by atoms with van der Waals surface area (Å²) in [6.07, 6.45) is 1.18. The first kappa shape index (κ1) is 16.0. The molecule has 0 heterocycles. The maximum atomic E-state index is 11.7. The Balaban J connectivity index is 2.38. The molecule has 1 rings (SSSR count). The van der Waals surface area contributed by atoms with Crippen molar-refractivity contribution in [2.75, 3.05) is 33.9 Å².